The summed E-state index contributed by atoms with van der Waals surface area (Å²) in [5, 5.41) is 3.90. The number of nitrogens with zero attached hydrogens (tertiary/aromatic N) is 5. The number of sulfone groups is 1. The molecule has 3 heterocycles. The zero-order valence-electron chi connectivity index (χ0n) is 19.6. The summed E-state index contributed by atoms with van der Waals surface area (Å²) in [6, 6.07) is 13.7. The summed E-state index contributed by atoms with van der Waals surface area (Å²) >= 11 is 7.37. The molecule has 3 N–H and O–H groups in total. The number of nitrogen functional groups attached to an aromatic ring is 1. The standard InChI is InChI=1S/C24H20ClN7O3S2/c1-13(29-20-15(11-27-23(26)31-20)18-12-28-24(36-18)37(2,34)35)21-30-17-10-6-9-16(25)19(17)22(33)32(21)14-7-4-3-5-8-14/h3-13H,1-2H3,(H3,26,27,29,31). The number of nitrogens with two attached hydrogens (primary N) is 1. The number of thiazole rings is 1. The molecular formula is C24H20ClN7O3S2. The van der Waals surface area contributed by atoms with Crippen LogP contribution in [0.1, 0.15) is 18.8 Å². The van der Waals surface area contributed by atoms with Crippen LogP contribution in [0.25, 0.3) is 27.0 Å². The van der Waals surface area contributed by atoms with Crippen LogP contribution in [0, 0.1) is 0 Å². The van der Waals surface area contributed by atoms with Crippen LogP contribution < -0.4 is 16.6 Å². The topological polar surface area (TPSA) is 146 Å². The predicted molar refractivity (Wildman–Crippen MR) is 145 cm³/mol. The molecule has 1 unspecified atom stereocenters. The van der Waals surface area contributed by atoms with Crippen LogP contribution in [-0.4, -0.2) is 39.2 Å². The summed E-state index contributed by atoms with van der Waals surface area (Å²) in [5.41, 5.74) is 7.14. The van der Waals surface area contributed by atoms with Crippen molar-refractivity contribution in [2.45, 2.75) is 17.3 Å². The highest BCUT2D eigenvalue weighted by atomic mass is 35.5. The number of hydrogen-bond acceptors (Lipinski definition) is 10. The van der Waals surface area contributed by atoms with Crippen LogP contribution >= 0.6 is 22.9 Å². The van der Waals surface area contributed by atoms with Crippen LogP contribution in [0.15, 0.2) is 70.1 Å². The van der Waals surface area contributed by atoms with Crippen molar-refractivity contribution in [2.24, 2.45) is 0 Å². The van der Waals surface area contributed by atoms with Gasteiger partial charge in [-0.3, -0.25) is 9.36 Å². The van der Waals surface area contributed by atoms with Gasteiger partial charge in [-0.1, -0.05) is 35.9 Å². The average molecular weight is 554 g/mol. The molecule has 2 aromatic carbocycles. The first-order valence-corrected chi connectivity index (χ1v) is 14.0. The first kappa shape index (κ1) is 24.8. The summed E-state index contributed by atoms with van der Waals surface area (Å²) < 4.78 is 25.4. The van der Waals surface area contributed by atoms with Gasteiger partial charge in [0, 0.05) is 18.6 Å². The van der Waals surface area contributed by atoms with Gasteiger partial charge in [-0.15, -0.1) is 11.3 Å². The van der Waals surface area contributed by atoms with E-state index >= 15 is 0 Å². The van der Waals surface area contributed by atoms with E-state index in [0.717, 1.165) is 17.6 Å². The van der Waals surface area contributed by atoms with Crippen molar-refractivity contribution in [1.29, 1.82) is 0 Å². The second kappa shape index (κ2) is 9.54. The minimum absolute atomic E-state index is 0.0185. The summed E-state index contributed by atoms with van der Waals surface area (Å²) in [6.45, 7) is 1.83. The van der Waals surface area contributed by atoms with Gasteiger partial charge in [0.15, 0.2) is 0 Å². The van der Waals surface area contributed by atoms with E-state index in [4.69, 9.17) is 22.3 Å². The fraction of sp³-hybridized carbons (Fsp3) is 0.125. The molecule has 0 bridgehead atoms. The van der Waals surface area contributed by atoms with Gasteiger partial charge >= 0.3 is 0 Å². The van der Waals surface area contributed by atoms with Crippen molar-refractivity contribution in [1.82, 2.24) is 24.5 Å². The molecule has 1 atom stereocenters. The molecule has 0 amide bonds. The lowest BCUT2D eigenvalue weighted by Crippen LogP contribution is -2.27. The van der Waals surface area contributed by atoms with Crippen molar-refractivity contribution >= 4 is 55.4 Å². The van der Waals surface area contributed by atoms with E-state index in [0.29, 0.717) is 43.7 Å². The lowest BCUT2D eigenvalue weighted by molar-refractivity contribution is 0.601. The van der Waals surface area contributed by atoms with Crippen molar-refractivity contribution in [2.75, 3.05) is 17.3 Å². The highest BCUT2D eigenvalue weighted by molar-refractivity contribution is 7.92. The van der Waals surface area contributed by atoms with E-state index in [1.165, 1.54) is 17.0 Å². The molecule has 188 valence electrons. The number of aromatic nitrogens is 5. The fourth-order valence-corrected chi connectivity index (χ4v) is 5.86. The molecule has 13 heteroatoms. The van der Waals surface area contributed by atoms with Gasteiger partial charge in [0.25, 0.3) is 5.56 Å². The first-order valence-electron chi connectivity index (χ1n) is 11.0. The number of anilines is 2. The summed E-state index contributed by atoms with van der Waals surface area (Å²) in [7, 11) is -3.48. The first-order chi connectivity index (χ1) is 17.6. The minimum atomic E-state index is -3.48. The third-order valence-corrected chi connectivity index (χ3v) is 8.54. The van der Waals surface area contributed by atoms with Crippen LogP contribution in [-0.2, 0) is 9.84 Å². The highest BCUT2D eigenvalue weighted by Gasteiger charge is 2.22. The summed E-state index contributed by atoms with van der Waals surface area (Å²) in [4.78, 5) is 31.4. The Kier molecular flexibility index (Phi) is 6.40. The van der Waals surface area contributed by atoms with E-state index in [9.17, 15) is 13.2 Å². The number of nitrogens with one attached hydrogen (secondary N) is 1. The van der Waals surface area contributed by atoms with E-state index < -0.39 is 15.9 Å². The maximum atomic E-state index is 13.7. The number of fused-ring (bicyclic) bond motifs is 1. The Hall–Kier alpha value is -3.87. The second-order valence-corrected chi connectivity index (χ2v) is 11.8. The van der Waals surface area contributed by atoms with Gasteiger partial charge in [-0.05, 0) is 31.2 Å². The molecular weight excluding hydrogens is 534 g/mol. The maximum Gasteiger partial charge on any atom is 0.267 e. The van der Waals surface area contributed by atoms with Gasteiger partial charge in [-0.2, -0.15) is 4.98 Å². The Bertz CT molecular complexity index is 1800. The van der Waals surface area contributed by atoms with E-state index in [1.54, 1.807) is 30.3 Å². The van der Waals surface area contributed by atoms with Crippen LogP contribution in [0.4, 0.5) is 11.8 Å². The maximum absolute atomic E-state index is 13.7. The predicted octanol–water partition coefficient (Wildman–Crippen LogP) is 4.11. The molecule has 0 fully saturated rings. The molecule has 10 nitrogen and oxygen atoms in total. The third-order valence-electron chi connectivity index (χ3n) is 5.50. The van der Waals surface area contributed by atoms with Crippen LogP contribution in [0.3, 0.4) is 0 Å². The number of hydrogen-bond donors (Lipinski definition) is 2. The SMILES string of the molecule is CC(Nc1nc(N)ncc1-c1cnc(S(C)(=O)=O)s1)c1nc2cccc(Cl)c2c(=O)n1-c1ccccc1. The second-order valence-electron chi connectivity index (χ2n) is 8.20. The molecule has 5 aromatic rings. The van der Waals surface area contributed by atoms with Gasteiger partial charge in [-0.25, -0.2) is 23.4 Å². The molecule has 0 saturated carbocycles. The molecule has 5 rings (SSSR count). The zero-order valence-corrected chi connectivity index (χ0v) is 22.0. The van der Waals surface area contributed by atoms with Gasteiger partial charge in [0.1, 0.15) is 11.6 Å². The Morgan fingerprint density at radius 1 is 1.05 bits per heavy atom. The molecule has 0 aliphatic carbocycles. The Balaban J connectivity index is 1.65. The molecule has 0 saturated heterocycles. The van der Waals surface area contributed by atoms with Gasteiger partial charge < -0.3 is 11.1 Å². The Labute approximate surface area is 220 Å². The van der Waals surface area contributed by atoms with Crippen molar-refractivity contribution < 1.29 is 8.42 Å². The van der Waals surface area contributed by atoms with Gasteiger partial charge in [0.05, 0.1) is 38.1 Å². The normalized spacial score (nSPS) is 12.5. The number of halogens is 1. The average Bonchev–Trinajstić information content (AvgIpc) is 3.35. The summed E-state index contributed by atoms with van der Waals surface area (Å²) in [5.74, 6) is 0.768. The minimum Gasteiger partial charge on any atom is -0.368 e. The number of rotatable bonds is 6. The Morgan fingerprint density at radius 2 is 1.81 bits per heavy atom. The smallest absolute Gasteiger partial charge is 0.267 e. The quantitative estimate of drug-likeness (QED) is 0.317. The van der Waals surface area contributed by atoms with Crippen LogP contribution in [0.2, 0.25) is 5.02 Å². The molecule has 0 aliphatic rings. The fourth-order valence-electron chi connectivity index (χ4n) is 3.83. The highest BCUT2D eigenvalue weighted by Crippen LogP contribution is 2.34. The van der Waals surface area contributed by atoms with Crippen molar-refractivity contribution in [3.8, 4) is 16.1 Å². The largest absolute Gasteiger partial charge is 0.368 e. The Morgan fingerprint density at radius 3 is 2.51 bits per heavy atom. The summed E-state index contributed by atoms with van der Waals surface area (Å²) in [6.07, 6.45) is 4.04. The van der Waals surface area contributed by atoms with E-state index in [1.807, 2.05) is 25.1 Å². The third kappa shape index (κ3) is 4.78. The van der Waals surface area contributed by atoms with E-state index in [2.05, 4.69) is 20.3 Å². The lowest BCUT2D eigenvalue weighted by Gasteiger charge is -2.21. The number of para-hydroxylation sites is 1. The molecule has 0 radical (unpaired) electrons. The zero-order chi connectivity index (χ0) is 26.3. The molecule has 37 heavy (non-hydrogen) atoms. The lowest BCUT2D eigenvalue weighted by atomic mass is 10.2. The molecule has 0 spiro atoms. The van der Waals surface area contributed by atoms with E-state index in [-0.39, 0.29) is 15.8 Å². The number of benzene rings is 2. The van der Waals surface area contributed by atoms with Gasteiger partial charge in [0.2, 0.25) is 20.1 Å². The monoisotopic (exact) mass is 553 g/mol. The van der Waals surface area contributed by atoms with Crippen molar-refractivity contribution in [3.05, 3.63) is 82.1 Å². The van der Waals surface area contributed by atoms with Crippen LogP contribution in [0.5, 0.6) is 0 Å². The van der Waals surface area contributed by atoms with Crippen molar-refractivity contribution in [3.63, 3.8) is 0 Å². The molecule has 3 aromatic heterocycles. The molecule has 0 aliphatic heterocycles.